The number of rotatable bonds is 4. The SMILES string of the molecule is O=C(Nc1ccccc1-c1ccccc1)C1CCN(C(=O)c2ccc(C(F)(F)F)cc2)CC1. The maximum absolute atomic E-state index is 12.9. The van der Waals surface area contributed by atoms with E-state index in [4.69, 9.17) is 0 Å². The molecular formula is C26H23F3N2O2. The fourth-order valence-electron chi connectivity index (χ4n) is 4.03. The molecule has 0 aromatic heterocycles. The molecule has 1 saturated heterocycles. The third kappa shape index (κ3) is 5.25. The van der Waals surface area contributed by atoms with Gasteiger partial charge < -0.3 is 10.2 Å². The number of likely N-dealkylation sites (tertiary alicyclic amines) is 1. The maximum atomic E-state index is 12.9. The summed E-state index contributed by atoms with van der Waals surface area (Å²) in [4.78, 5) is 27.2. The highest BCUT2D eigenvalue weighted by Crippen LogP contribution is 2.30. The van der Waals surface area contributed by atoms with Crippen molar-refractivity contribution in [3.05, 3.63) is 90.0 Å². The zero-order valence-corrected chi connectivity index (χ0v) is 17.8. The molecule has 3 aromatic rings. The van der Waals surface area contributed by atoms with E-state index < -0.39 is 11.7 Å². The van der Waals surface area contributed by atoms with Crippen LogP contribution in [0.1, 0.15) is 28.8 Å². The number of hydrogen-bond acceptors (Lipinski definition) is 2. The van der Waals surface area contributed by atoms with Crippen molar-refractivity contribution >= 4 is 17.5 Å². The van der Waals surface area contributed by atoms with E-state index in [1.807, 2.05) is 54.6 Å². The minimum atomic E-state index is -4.44. The second-order valence-corrected chi connectivity index (χ2v) is 8.04. The molecule has 0 bridgehead atoms. The Bertz CT molecular complexity index is 1120. The van der Waals surface area contributed by atoms with Gasteiger partial charge in [0.1, 0.15) is 0 Å². The van der Waals surface area contributed by atoms with Gasteiger partial charge in [0.2, 0.25) is 5.91 Å². The first-order valence-electron chi connectivity index (χ1n) is 10.7. The van der Waals surface area contributed by atoms with Gasteiger partial charge in [0.05, 0.1) is 5.56 Å². The van der Waals surface area contributed by atoms with Gasteiger partial charge in [0.15, 0.2) is 0 Å². The Morgan fingerprint density at radius 2 is 1.42 bits per heavy atom. The van der Waals surface area contributed by atoms with Crippen LogP contribution in [0.4, 0.5) is 18.9 Å². The third-order valence-electron chi connectivity index (χ3n) is 5.88. The number of amides is 2. The number of halogens is 3. The highest BCUT2D eigenvalue weighted by molar-refractivity contribution is 5.97. The summed E-state index contributed by atoms with van der Waals surface area (Å²) < 4.78 is 38.2. The summed E-state index contributed by atoms with van der Waals surface area (Å²) in [7, 11) is 0. The number of hydrogen-bond donors (Lipinski definition) is 1. The van der Waals surface area contributed by atoms with Crippen molar-refractivity contribution in [3.8, 4) is 11.1 Å². The lowest BCUT2D eigenvalue weighted by Gasteiger charge is -2.31. The summed E-state index contributed by atoms with van der Waals surface area (Å²) in [6.07, 6.45) is -3.45. The normalized spacial score (nSPS) is 14.7. The average molecular weight is 452 g/mol. The predicted molar refractivity (Wildman–Crippen MR) is 121 cm³/mol. The van der Waals surface area contributed by atoms with Gasteiger partial charge in [-0.25, -0.2) is 0 Å². The van der Waals surface area contributed by atoms with Crippen molar-refractivity contribution in [2.45, 2.75) is 19.0 Å². The largest absolute Gasteiger partial charge is 0.416 e. The topological polar surface area (TPSA) is 49.4 Å². The lowest BCUT2D eigenvalue weighted by molar-refractivity contribution is -0.137. The number of anilines is 1. The van der Waals surface area contributed by atoms with Gasteiger partial charge >= 0.3 is 6.18 Å². The molecule has 33 heavy (non-hydrogen) atoms. The summed E-state index contributed by atoms with van der Waals surface area (Å²) in [5.74, 6) is -0.664. The molecule has 0 radical (unpaired) electrons. The second-order valence-electron chi connectivity index (χ2n) is 8.04. The van der Waals surface area contributed by atoms with E-state index in [0.29, 0.717) is 25.9 Å². The molecule has 170 valence electrons. The molecule has 0 unspecified atom stereocenters. The molecule has 1 N–H and O–H groups in total. The van der Waals surface area contributed by atoms with Crippen LogP contribution in [0.15, 0.2) is 78.9 Å². The Morgan fingerprint density at radius 3 is 2.06 bits per heavy atom. The zero-order chi connectivity index (χ0) is 23.4. The van der Waals surface area contributed by atoms with E-state index in [1.54, 1.807) is 4.90 Å². The van der Waals surface area contributed by atoms with Gasteiger partial charge in [-0.2, -0.15) is 13.2 Å². The first-order valence-corrected chi connectivity index (χ1v) is 10.7. The van der Waals surface area contributed by atoms with E-state index >= 15 is 0 Å². The van der Waals surface area contributed by atoms with Crippen molar-refractivity contribution in [1.82, 2.24) is 4.90 Å². The number of benzene rings is 3. The lowest BCUT2D eigenvalue weighted by atomic mass is 9.94. The summed E-state index contributed by atoms with van der Waals surface area (Å²) >= 11 is 0. The number of alkyl halides is 3. The van der Waals surface area contributed by atoms with Gasteiger partial charge in [-0.3, -0.25) is 9.59 Å². The molecule has 3 aromatic carbocycles. The standard InChI is InChI=1S/C26H23F3N2O2/c27-26(28,29)21-12-10-20(11-13-21)25(33)31-16-14-19(15-17-31)24(32)30-23-9-5-4-8-22(23)18-6-2-1-3-7-18/h1-13,19H,14-17H2,(H,30,32). The molecular weight excluding hydrogens is 429 g/mol. The Hall–Kier alpha value is -3.61. The molecule has 0 atom stereocenters. The molecule has 1 aliphatic rings. The molecule has 0 spiro atoms. The minimum absolute atomic E-state index is 0.0972. The van der Waals surface area contributed by atoms with Crippen LogP contribution in [-0.2, 0) is 11.0 Å². The molecule has 4 nitrogen and oxygen atoms in total. The van der Waals surface area contributed by atoms with Crippen molar-refractivity contribution in [2.24, 2.45) is 5.92 Å². The molecule has 7 heteroatoms. The molecule has 2 amide bonds. The van der Waals surface area contributed by atoms with Crippen LogP contribution < -0.4 is 5.32 Å². The van der Waals surface area contributed by atoms with Crippen LogP contribution in [0.5, 0.6) is 0 Å². The van der Waals surface area contributed by atoms with Crippen molar-refractivity contribution in [2.75, 3.05) is 18.4 Å². The van der Waals surface area contributed by atoms with Gasteiger partial charge in [-0.15, -0.1) is 0 Å². The van der Waals surface area contributed by atoms with Crippen LogP contribution in [0.25, 0.3) is 11.1 Å². The monoisotopic (exact) mass is 452 g/mol. The van der Waals surface area contributed by atoms with E-state index in [0.717, 1.165) is 28.9 Å². The highest BCUT2D eigenvalue weighted by Gasteiger charge is 2.31. The number of nitrogens with one attached hydrogen (secondary N) is 1. The zero-order valence-electron chi connectivity index (χ0n) is 17.8. The van der Waals surface area contributed by atoms with Crippen LogP contribution in [0, 0.1) is 5.92 Å². The molecule has 4 rings (SSSR count). The van der Waals surface area contributed by atoms with Crippen molar-refractivity contribution in [1.29, 1.82) is 0 Å². The van der Waals surface area contributed by atoms with Gasteiger partial charge in [0, 0.05) is 35.8 Å². The fraction of sp³-hybridized carbons (Fsp3) is 0.231. The quantitative estimate of drug-likeness (QED) is 0.539. The highest BCUT2D eigenvalue weighted by atomic mass is 19.4. The Kier molecular flexibility index (Phi) is 6.49. The van der Waals surface area contributed by atoms with E-state index in [2.05, 4.69) is 5.32 Å². The smallest absolute Gasteiger partial charge is 0.339 e. The average Bonchev–Trinajstić information content (AvgIpc) is 2.84. The second kappa shape index (κ2) is 9.48. The minimum Gasteiger partial charge on any atom is -0.339 e. The Balaban J connectivity index is 1.37. The lowest BCUT2D eigenvalue weighted by Crippen LogP contribution is -2.41. The number of piperidine rings is 1. The number of para-hydroxylation sites is 1. The number of nitrogens with zero attached hydrogens (tertiary/aromatic N) is 1. The van der Waals surface area contributed by atoms with E-state index in [1.165, 1.54) is 12.1 Å². The van der Waals surface area contributed by atoms with Gasteiger partial charge in [0.25, 0.3) is 5.91 Å². The van der Waals surface area contributed by atoms with Crippen LogP contribution in [0.3, 0.4) is 0 Å². The maximum Gasteiger partial charge on any atom is 0.416 e. The first-order chi connectivity index (χ1) is 15.8. The fourth-order valence-corrected chi connectivity index (χ4v) is 4.03. The van der Waals surface area contributed by atoms with E-state index in [-0.39, 0.29) is 23.3 Å². The van der Waals surface area contributed by atoms with Crippen molar-refractivity contribution in [3.63, 3.8) is 0 Å². The van der Waals surface area contributed by atoms with Crippen LogP contribution in [0.2, 0.25) is 0 Å². The number of carbonyl (C=O) groups excluding carboxylic acids is 2. The summed E-state index contributed by atoms with van der Waals surface area (Å²) in [5, 5.41) is 3.03. The number of carbonyl (C=O) groups is 2. The van der Waals surface area contributed by atoms with Crippen molar-refractivity contribution < 1.29 is 22.8 Å². The summed E-state index contributed by atoms with van der Waals surface area (Å²) in [6, 6.07) is 21.6. The van der Waals surface area contributed by atoms with E-state index in [9.17, 15) is 22.8 Å². The summed E-state index contributed by atoms with van der Waals surface area (Å²) in [5.41, 5.74) is 2.09. The third-order valence-corrected chi connectivity index (χ3v) is 5.88. The summed E-state index contributed by atoms with van der Waals surface area (Å²) in [6.45, 7) is 0.747. The first kappa shape index (κ1) is 22.6. The molecule has 0 saturated carbocycles. The molecule has 1 heterocycles. The van der Waals surface area contributed by atoms with Gasteiger partial charge in [-0.05, 0) is 48.7 Å². The molecule has 1 aliphatic heterocycles. The predicted octanol–water partition coefficient (Wildman–Crippen LogP) is 5.86. The van der Waals surface area contributed by atoms with Crippen LogP contribution in [-0.4, -0.2) is 29.8 Å². The van der Waals surface area contributed by atoms with Crippen LogP contribution >= 0.6 is 0 Å². The Morgan fingerprint density at radius 1 is 0.818 bits per heavy atom. The van der Waals surface area contributed by atoms with Gasteiger partial charge in [-0.1, -0.05) is 48.5 Å². The Labute approximate surface area is 190 Å². The molecule has 0 aliphatic carbocycles. The molecule has 1 fully saturated rings.